The van der Waals surface area contributed by atoms with Crippen molar-refractivity contribution >= 4 is 0 Å². The van der Waals surface area contributed by atoms with Gasteiger partial charge < -0.3 is 0 Å². The average molecular weight is 499 g/mol. The zero-order chi connectivity index (χ0) is 27.1. The fourth-order valence-corrected chi connectivity index (χ4v) is 6.97. The van der Waals surface area contributed by atoms with E-state index in [1.54, 1.807) is 0 Å². The Bertz CT molecular complexity index is 1440. The molecule has 0 amide bonds. The maximum Gasteiger partial charge on any atom is 0.0264 e. The van der Waals surface area contributed by atoms with Gasteiger partial charge in [0.2, 0.25) is 0 Å². The second kappa shape index (κ2) is 10.4. The van der Waals surface area contributed by atoms with Gasteiger partial charge in [-0.3, -0.25) is 0 Å². The summed E-state index contributed by atoms with van der Waals surface area (Å²) in [5.74, 6) is 0.952. The zero-order valence-corrected chi connectivity index (χ0v) is 24.1. The minimum atomic E-state index is 0.282. The highest BCUT2D eigenvalue weighted by Crippen LogP contribution is 2.55. The van der Waals surface area contributed by atoms with Gasteiger partial charge in [-0.25, -0.2) is 0 Å². The van der Waals surface area contributed by atoms with Crippen molar-refractivity contribution in [2.24, 2.45) is 5.92 Å². The number of rotatable bonds is 6. The lowest BCUT2D eigenvalue weighted by Gasteiger charge is -2.34. The maximum atomic E-state index is 4.75. The molecule has 0 radical (unpaired) electrons. The minimum Gasteiger partial charge on any atom is -0.0955 e. The second-order valence-electron chi connectivity index (χ2n) is 11.8. The average Bonchev–Trinajstić information content (AvgIpc) is 3.34. The number of allylic oxidation sites excluding steroid dienone is 12. The van der Waals surface area contributed by atoms with E-state index in [-0.39, 0.29) is 5.92 Å². The highest BCUT2D eigenvalue weighted by atomic mass is 14.4. The van der Waals surface area contributed by atoms with Crippen LogP contribution in [0.2, 0.25) is 0 Å². The lowest BCUT2D eigenvalue weighted by Crippen LogP contribution is -2.21. The van der Waals surface area contributed by atoms with E-state index >= 15 is 0 Å². The lowest BCUT2D eigenvalue weighted by molar-refractivity contribution is 0.619. The Balaban J connectivity index is 1.54. The molecule has 0 nitrogen and oxygen atoms in total. The minimum absolute atomic E-state index is 0.282. The van der Waals surface area contributed by atoms with Gasteiger partial charge in [-0.15, -0.1) is 0 Å². The molecule has 3 aliphatic rings. The summed E-state index contributed by atoms with van der Waals surface area (Å²) < 4.78 is 0. The molecule has 0 aliphatic heterocycles. The predicted molar refractivity (Wildman–Crippen MR) is 164 cm³/mol. The number of fused-ring (bicyclic) bond motifs is 1. The molecule has 0 heteroatoms. The summed E-state index contributed by atoms with van der Waals surface area (Å²) in [5, 5.41) is 0. The van der Waals surface area contributed by atoms with Crippen LogP contribution in [0.1, 0.15) is 81.0 Å². The lowest BCUT2D eigenvalue weighted by atomic mass is 9.69. The summed E-state index contributed by atoms with van der Waals surface area (Å²) in [7, 11) is 0. The van der Waals surface area contributed by atoms with Crippen LogP contribution in [0.15, 0.2) is 130 Å². The van der Waals surface area contributed by atoms with Crippen LogP contribution in [0.25, 0.3) is 0 Å². The van der Waals surface area contributed by atoms with E-state index in [0.717, 1.165) is 19.3 Å². The Kier molecular flexibility index (Phi) is 7.19. The number of hydrogen-bond acceptors (Lipinski definition) is 0. The van der Waals surface area contributed by atoms with Crippen LogP contribution >= 0.6 is 0 Å². The molecule has 38 heavy (non-hydrogen) atoms. The third-order valence-electron chi connectivity index (χ3n) is 8.89. The van der Waals surface area contributed by atoms with E-state index in [2.05, 4.69) is 115 Å². The van der Waals surface area contributed by atoms with Gasteiger partial charge in [0.05, 0.1) is 0 Å². The van der Waals surface area contributed by atoms with E-state index in [4.69, 9.17) is 6.58 Å². The van der Waals surface area contributed by atoms with Crippen LogP contribution in [0.3, 0.4) is 0 Å². The van der Waals surface area contributed by atoms with Crippen molar-refractivity contribution in [3.8, 4) is 0 Å². The Morgan fingerprint density at radius 1 is 0.842 bits per heavy atom. The molecule has 0 saturated heterocycles. The topological polar surface area (TPSA) is 0 Å². The highest BCUT2D eigenvalue weighted by Gasteiger charge is 2.41. The molecule has 0 heterocycles. The Hall–Kier alpha value is -3.38. The number of benzene rings is 2. The maximum absolute atomic E-state index is 4.75. The molecule has 1 fully saturated rings. The summed E-state index contributed by atoms with van der Waals surface area (Å²) in [6, 6.07) is 18.2. The molecule has 2 aromatic carbocycles. The van der Waals surface area contributed by atoms with Gasteiger partial charge in [0.25, 0.3) is 0 Å². The Labute approximate surface area is 230 Å². The monoisotopic (exact) mass is 498 g/mol. The predicted octanol–water partition coefficient (Wildman–Crippen LogP) is 10.6. The van der Waals surface area contributed by atoms with Crippen molar-refractivity contribution in [1.29, 1.82) is 0 Å². The van der Waals surface area contributed by atoms with Crippen LogP contribution in [0.5, 0.6) is 0 Å². The van der Waals surface area contributed by atoms with E-state index in [0.29, 0.717) is 11.8 Å². The molecule has 3 atom stereocenters. The number of hydrogen-bond donors (Lipinski definition) is 0. The fraction of sp³-hybridized carbons (Fsp3) is 0.316. The van der Waals surface area contributed by atoms with Crippen LogP contribution in [0.4, 0.5) is 0 Å². The molecule has 5 rings (SSSR count). The Morgan fingerprint density at radius 2 is 1.45 bits per heavy atom. The van der Waals surface area contributed by atoms with Crippen molar-refractivity contribution in [1.82, 2.24) is 0 Å². The van der Waals surface area contributed by atoms with Crippen molar-refractivity contribution < 1.29 is 0 Å². The van der Waals surface area contributed by atoms with E-state index in [1.165, 1.54) is 72.4 Å². The highest BCUT2D eigenvalue weighted by molar-refractivity contribution is 5.63. The first kappa shape index (κ1) is 26.2. The van der Waals surface area contributed by atoms with E-state index < -0.39 is 0 Å². The third kappa shape index (κ3) is 4.66. The summed E-state index contributed by atoms with van der Waals surface area (Å²) >= 11 is 0. The van der Waals surface area contributed by atoms with Gasteiger partial charge in [-0.1, -0.05) is 127 Å². The summed E-state index contributed by atoms with van der Waals surface area (Å²) in [4.78, 5) is 0. The zero-order valence-electron chi connectivity index (χ0n) is 24.1. The van der Waals surface area contributed by atoms with Gasteiger partial charge in [-0.05, 0) is 86.5 Å². The summed E-state index contributed by atoms with van der Waals surface area (Å²) in [5.41, 5.74) is 17.9. The molecule has 3 aliphatic carbocycles. The van der Waals surface area contributed by atoms with Crippen molar-refractivity contribution in [2.75, 3.05) is 0 Å². The molecule has 0 bridgehead atoms. The van der Waals surface area contributed by atoms with E-state index in [1.807, 2.05) is 0 Å². The molecule has 3 unspecified atom stereocenters. The molecule has 0 N–H and O–H groups in total. The molecule has 2 aromatic rings. The quantitative estimate of drug-likeness (QED) is 0.371. The van der Waals surface area contributed by atoms with Crippen LogP contribution in [0, 0.1) is 19.8 Å². The van der Waals surface area contributed by atoms with Gasteiger partial charge >= 0.3 is 0 Å². The third-order valence-corrected chi connectivity index (χ3v) is 8.89. The van der Waals surface area contributed by atoms with Crippen molar-refractivity contribution in [2.45, 2.75) is 72.6 Å². The van der Waals surface area contributed by atoms with Crippen LogP contribution < -0.4 is 0 Å². The summed E-state index contributed by atoms with van der Waals surface area (Å²) in [6.45, 7) is 22.8. The molecule has 1 saturated carbocycles. The van der Waals surface area contributed by atoms with Gasteiger partial charge in [-0.2, -0.15) is 0 Å². The van der Waals surface area contributed by atoms with Crippen molar-refractivity contribution in [3.63, 3.8) is 0 Å². The van der Waals surface area contributed by atoms with Gasteiger partial charge in [0.15, 0.2) is 0 Å². The fourth-order valence-electron chi connectivity index (χ4n) is 6.97. The largest absolute Gasteiger partial charge is 0.0955 e. The molecular weight excluding hydrogens is 456 g/mol. The Morgan fingerprint density at radius 3 is 2.05 bits per heavy atom. The van der Waals surface area contributed by atoms with Crippen molar-refractivity contribution in [3.05, 3.63) is 152 Å². The first-order valence-corrected chi connectivity index (χ1v) is 14.2. The van der Waals surface area contributed by atoms with Crippen LogP contribution in [-0.4, -0.2) is 0 Å². The smallest absolute Gasteiger partial charge is 0.0264 e. The SMILES string of the molecule is C=C(CCC)C1=C(C)C=C2CC(=CC3=C(C)C(c4ccc(C)cc4)C(C)=C3)C(=C)C2C1c1ccc(C)cc1. The van der Waals surface area contributed by atoms with Gasteiger partial charge in [0, 0.05) is 17.8 Å². The van der Waals surface area contributed by atoms with E-state index in [9.17, 15) is 0 Å². The molecular formula is C38H42. The summed E-state index contributed by atoms with van der Waals surface area (Å²) in [6.07, 6.45) is 10.4. The molecule has 194 valence electrons. The first-order valence-electron chi connectivity index (χ1n) is 14.2. The standard InChI is InChI=1S/C38H42/c1-9-10-25(4)35-26(5)20-34-22-33(29(8)37(34)38(35)31-17-13-24(3)14-18-31)21-32-19-27(6)36(28(32)7)30-15-11-23(2)12-16-30/h11-21,36-38H,4,8-10,22H2,1-3,5-7H3. The first-order chi connectivity index (χ1) is 18.2. The number of aryl methyl sites for hydroxylation is 2. The normalized spacial score (nSPS) is 24.2. The second-order valence-corrected chi connectivity index (χ2v) is 11.8. The van der Waals surface area contributed by atoms with Gasteiger partial charge in [0.1, 0.15) is 0 Å². The molecule has 0 aromatic heterocycles. The van der Waals surface area contributed by atoms with Crippen LogP contribution in [-0.2, 0) is 0 Å². The molecule has 0 spiro atoms.